The van der Waals surface area contributed by atoms with E-state index in [1.54, 1.807) is 18.5 Å². The lowest BCUT2D eigenvalue weighted by atomic mass is 10.0. The molecule has 25 heavy (non-hydrogen) atoms. The number of nitro groups is 1. The summed E-state index contributed by atoms with van der Waals surface area (Å²) in [5.74, 6) is 1.56. The first kappa shape index (κ1) is 15.9. The molecule has 1 aromatic heterocycles. The molecule has 0 aliphatic carbocycles. The Hall–Kier alpha value is -2.61. The van der Waals surface area contributed by atoms with Crippen molar-refractivity contribution < 1.29 is 14.4 Å². The largest absolute Gasteiger partial charge is 0.454 e. The molecule has 2 aliphatic heterocycles. The Labute approximate surface area is 145 Å². The summed E-state index contributed by atoms with van der Waals surface area (Å²) in [6.45, 7) is 5.18. The van der Waals surface area contributed by atoms with Crippen LogP contribution in [0.5, 0.6) is 11.5 Å². The number of fused-ring (bicyclic) bond motifs is 1. The number of likely N-dealkylation sites (tertiary alicyclic amines) is 1. The summed E-state index contributed by atoms with van der Waals surface area (Å²) in [7, 11) is 0. The minimum Gasteiger partial charge on any atom is -0.454 e. The third kappa shape index (κ3) is 2.72. The molecule has 4 rings (SSSR count). The Morgan fingerprint density at radius 3 is 2.88 bits per heavy atom. The van der Waals surface area contributed by atoms with Crippen molar-refractivity contribution in [1.29, 1.82) is 0 Å². The quantitative estimate of drug-likeness (QED) is 0.626. The predicted molar refractivity (Wildman–Crippen MR) is 89.6 cm³/mol. The number of aromatic nitrogens is 2. The van der Waals surface area contributed by atoms with Gasteiger partial charge >= 0.3 is 5.69 Å². The number of aryl methyl sites for hydroxylation is 1. The van der Waals surface area contributed by atoms with E-state index in [0.29, 0.717) is 18.1 Å². The Morgan fingerprint density at radius 1 is 1.32 bits per heavy atom. The van der Waals surface area contributed by atoms with E-state index in [9.17, 15) is 10.1 Å². The molecule has 0 spiro atoms. The van der Waals surface area contributed by atoms with Crippen LogP contribution in [0.1, 0.15) is 35.8 Å². The van der Waals surface area contributed by atoms with Gasteiger partial charge in [-0.3, -0.25) is 15.0 Å². The van der Waals surface area contributed by atoms with Crippen LogP contribution in [0.25, 0.3) is 0 Å². The lowest BCUT2D eigenvalue weighted by Gasteiger charge is -2.25. The summed E-state index contributed by atoms with van der Waals surface area (Å²) in [5.41, 5.74) is 2.34. The average Bonchev–Trinajstić information content (AvgIpc) is 3.26. The van der Waals surface area contributed by atoms with Gasteiger partial charge in [0.05, 0.1) is 11.6 Å². The number of benzene rings is 1. The molecule has 1 atom stereocenters. The van der Waals surface area contributed by atoms with Gasteiger partial charge in [0.15, 0.2) is 11.5 Å². The highest BCUT2D eigenvalue weighted by Gasteiger charge is 2.30. The fourth-order valence-corrected chi connectivity index (χ4v) is 3.75. The molecule has 2 aromatic rings. The summed E-state index contributed by atoms with van der Waals surface area (Å²) in [6.07, 6.45) is 2.13. The maximum Gasteiger partial charge on any atom is 0.312 e. The fraction of sp³-hybridized carbons (Fsp3) is 0.471. The molecule has 8 heteroatoms. The van der Waals surface area contributed by atoms with Crippen molar-refractivity contribution in [2.45, 2.75) is 39.4 Å². The Morgan fingerprint density at radius 2 is 2.12 bits per heavy atom. The van der Waals surface area contributed by atoms with E-state index in [4.69, 9.17) is 9.47 Å². The highest BCUT2D eigenvalue weighted by Crippen LogP contribution is 2.39. The average molecular weight is 344 g/mol. The van der Waals surface area contributed by atoms with Gasteiger partial charge in [-0.15, -0.1) is 0 Å². The fourth-order valence-electron chi connectivity index (χ4n) is 3.75. The van der Waals surface area contributed by atoms with Crippen LogP contribution in [-0.2, 0) is 6.67 Å². The minimum absolute atomic E-state index is 0.110. The summed E-state index contributed by atoms with van der Waals surface area (Å²) in [5, 5.41) is 15.6. The second-order valence-electron chi connectivity index (χ2n) is 6.50. The van der Waals surface area contributed by atoms with Gasteiger partial charge in [0.2, 0.25) is 6.79 Å². The second kappa shape index (κ2) is 6.03. The van der Waals surface area contributed by atoms with Crippen LogP contribution in [0.4, 0.5) is 5.69 Å². The van der Waals surface area contributed by atoms with E-state index in [2.05, 4.69) is 16.1 Å². The first-order chi connectivity index (χ1) is 12.0. The normalized spacial score (nSPS) is 19.5. The van der Waals surface area contributed by atoms with Crippen LogP contribution in [0.15, 0.2) is 18.2 Å². The van der Waals surface area contributed by atoms with Gasteiger partial charge in [0.25, 0.3) is 0 Å². The molecule has 1 fully saturated rings. The van der Waals surface area contributed by atoms with Gasteiger partial charge in [-0.1, -0.05) is 6.07 Å². The molecule has 0 bridgehead atoms. The van der Waals surface area contributed by atoms with Crippen molar-refractivity contribution in [1.82, 2.24) is 14.7 Å². The van der Waals surface area contributed by atoms with E-state index in [1.165, 1.54) is 5.56 Å². The molecule has 1 saturated heterocycles. The van der Waals surface area contributed by atoms with Crippen LogP contribution in [0.3, 0.4) is 0 Å². The zero-order chi connectivity index (χ0) is 17.6. The van der Waals surface area contributed by atoms with Crippen LogP contribution >= 0.6 is 0 Å². The first-order valence-corrected chi connectivity index (χ1v) is 8.36. The van der Waals surface area contributed by atoms with Gasteiger partial charge in [0.1, 0.15) is 11.4 Å². The smallest absolute Gasteiger partial charge is 0.312 e. The van der Waals surface area contributed by atoms with Crippen molar-refractivity contribution in [3.05, 3.63) is 45.3 Å². The molecular formula is C17H20N4O4. The number of rotatable bonds is 4. The molecule has 0 amide bonds. The highest BCUT2D eigenvalue weighted by molar-refractivity contribution is 5.45. The molecular weight excluding hydrogens is 324 g/mol. The van der Waals surface area contributed by atoms with Crippen LogP contribution < -0.4 is 9.47 Å². The van der Waals surface area contributed by atoms with Gasteiger partial charge in [-0.05, 0) is 44.4 Å². The van der Waals surface area contributed by atoms with Crippen LogP contribution in [0.2, 0.25) is 0 Å². The molecule has 0 unspecified atom stereocenters. The SMILES string of the molecule is Cc1nn(CN2CCC[C@@H]2c2ccc3c(c2)OCO3)c(C)c1[N+](=O)[O-]. The van der Waals surface area contributed by atoms with Gasteiger partial charge < -0.3 is 9.47 Å². The molecule has 0 radical (unpaired) electrons. The molecule has 0 N–H and O–H groups in total. The molecule has 1 aromatic carbocycles. The van der Waals surface area contributed by atoms with Crippen molar-refractivity contribution in [2.24, 2.45) is 0 Å². The molecule has 3 heterocycles. The van der Waals surface area contributed by atoms with E-state index in [0.717, 1.165) is 30.9 Å². The number of hydrogen-bond donors (Lipinski definition) is 0. The summed E-state index contributed by atoms with van der Waals surface area (Å²) in [6, 6.07) is 6.30. The number of nitrogens with zero attached hydrogens (tertiary/aromatic N) is 4. The van der Waals surface area contributed by atoms with Gasteiger partial charge in [0, 0.05) is 12.6 Å². The van der Waals surface area contributed by atoms with Crippen molar-refractivity contribution >= 4 is 5.69 Å². The van der Waals surface area contributed by atoms with Crippen molar-refractivity contribution in [3.8, 4) is 11.5 Å². The van der Waals surface area contributed by atoms with E-state index in [-0.39, 0.29) is 23.4 Å². The van der Waals surface area contributed by atoms with Gasteiger partial charge in [-0.2, -0.15) is 5.10 Å². The molecule has 8 nitrogen and oxygen atoms in total. The van der Waals surface area contributed by atoms with Crippen molar-refractivity contribution in [2.75, 3.05) is 13.3 Å². The van der Waals surface area contributed by atoms with E-state index in [1.807, 2.05) is 12.1 Å². The second-order valence-corrected chi connectivity index (χ2v) is 6.50. The molecule has 2 aliphatic rings. The maximum absolute atomic E-state index is 11.2. The summed E-state index contributed by atoms with van der Waals surface area (Å²) in [4.78, 5) is 13.2. The molecule has 132 valence electrons. The number of ether oxygens (including phenoxy) is 2. The highest BCUT2D eigenvalue weighted by atomic mass is 16.7. The topological polar surface area (TPSA) is 82.7 Å². The van der Waals surface area contributed by atoms with E-state index >= 15 is 0 Å². The summed E-state index contributed by atoms with van der Waals surface area (Å²) >= 11 is 0. The standard InChI is InChI=1S/C17H20N4O4/c1-11-17(21(22)23)12(2)20(18-11)9-19-7-3-4-14(19)13-5-6-15-16(8-13)25-10-24-15/h5-6,8,14H,3-4,7,9-10H2,1-2H3/t14-/m1/s1. The van der Waals surface area contributed by atoms with E-state index < -0.39 is 0 Å². The molecule has 0 saturated carbocycles. The lowest BCUT2D eigenvalue weighted by molar-refractivity contribution is -0.386. The Bertz CT molecular complexity index is 832. The predicted octanol–water partition coefficient (Wildman–Crippen LogP) is 2.93. The summed E-state index contributed by atoms with van der Waals surface area (Å²) < 4.78 is 12.6. The zero-order valence-electron chi connectivity index (χ0n) is 14.3. The third-order valence-corrected chi connectivity index (χ3v) is 4.99. The number of hydrogen-bond acceptors (Lipinski definition) is 6. The third-order valence-electron chi connectivity index (χ3n) is 4.99. The zero-order valence-corrected chi connectivity index (χ0v) is 14.3. The van der Waals surface area contributed by atoms with Crippen molar-refractivity contribution in [3.63, 3.8) is 0 Å². The van der Waals surface area contributed by atoms with Crippen LogP contribution in [0, 0.1) is 24.0 Å². The monoisotopic (exact) mass is 344 g/mol. The lowest BCUT2D eigenvalue weighted by Crippen LogP contribution is -2.27. The Balaban J connectivity index is 1.58. The maximum atomic E-state index is 11.2. The minimum atomic E-state index is -0.354. The first-order valence-electron chi connectivity index (χ1n) is 8.36. The Kier molecular flexibility index (Phi) is 3.84. The van der Waals surface area contributed by atoms with Gasteiger partial charge in [-0.25, -0.2) is 4.68 Å². The van der Waals surface area contributed by atoms with Crippen LogP contribution in [-0.4, -0.2) is 32.9 Å².